The number of anilines is 1. The minimum absolute atomic E-state index is 0.0912. The molecule has 4 rings (SSSR count). The quantitative estimate of drug-likeness (QED) is 0.274. The molecule has 2 aliphatic rings. The molecule has 0 bridgehead atoms. The average Bonchev–Trinajstić information content (AvgIpc) is 3.71. The second kappa shape index (κ2) is 12.2. The molecule has 1 fully saturated rings. The molecular formula is C31H35F4N3O4. The first-order valence-corrected chi connectivity index (χ1v) is 14.0. The number of nitrogens with one attached hydrogen (secondary N) is 2. The van der Waals surface area contributed by atoms with Crippen LogP contribution in [0.3, 0.4) is 0 Å². The van der Waals surface area contributed by atoms with E-state index in [1.807, 2.05) is 6.92 Å². The zero-order valence-electron chi connectivity index (χ0n) is 24.0. The van der Waals surface area contributed by atoms with Crippen molar-refractivity contribution in [3.8, 4) is 0 Å². The Balaban J connectivity index is 1.70. The Labute approximate surface area is 242 Å². The number of carbonyl (C=O) groups excluding carboxylic acids is 3. The number of halogens is 4. The van der Waals surface area contributed by atoms with Gasteiger partial charge in [0.05, 0.1) is 23.2 Å². The lowest BCUT2D eigenvalue weighted by Gasteiger charge is -2.29. The second-order valence-corrected chi connectivity index (χ2v) is 12.0. The van der Waals surface area contributed by atoms with Gasteiger partial charge in [0.1, 0.15) is 11.4 Å². The Hall–Kier alpha value is -3.76. The summed E-state index contributed by atoms with van der Waals surface area (Å²) < 4.78 is 60.4. The molecule has 42 heavy (non-hydrogen) atoms. The van der Waals surface area contributed by atoms with E-state index in [1.54, 1.807) is 51.1 Å². The zero-order valence-corrected chi connectivity index (χ0v) is 24.0. The first kappa shape index (κ1) is 31.2. The highest BCUT2D eigenvalue weighted by molar-refractivity contribution is 6.20. The zero-order chi connectivity index (χ0) is 30.8. The SMILES string of the molecule is Cc1ccc(C2=N[C@@H](NC(=O)[C@H](CCC(F)(F)F)[C@H](CC3CC3)C(=O)OC(C)(C)C)C(=O)Nc3c(F)cccc32)cc1. The van der Waals surface area contributed by atoms with Crippen LogP contribution in [0.5, 0.6) is 0 Å². The van der Waals surface area contributed by atoms with Gasteiger partial charge in [-0.15, -0.1) is 0 Å². The smallest absolute Gasteiger partial charge is 0.389 e. The molecule has 1 saturated carbocycles. The Bertz CT molecular complexity index is 1360. The number of carbonyl (C=O) groups is 3. The first-order chi connectivity index (χ1) is 19.6. The number of benzodiazepines with no additional fused rings is 1. The summed E-state index contributed by atoms with van der Waals surface area (Å²) in [7, 11) is 0. The number of hydrogen-bond acceptors (Lipinski definition) is 5. The van der Waals surface area contributed by atoms with Gasteiger partial charge in [0.15, 0.2) is 0 Å². The maximum atomic E-state index is 14.9. The number of hydrogen-bond donors (Lipinski definition) is 2. The Morgan fingerprint density at radius 3 is 2.33 bits per heavy atom. The molecule has 11 heteroatoms. The number of aliphatic imine (C=N–C) groups is 1. The van der Waals surface area contributed by atoms with Crippen molar-refractivity contribution in [1.29, 1.82) is 0 Å². The predicted octanol–water partition coefficient (Wildman–Crippen LogP) is 6.08. The monoisotopic (exact) mass is 589 g/mol. The number of fused-ring (bicyclic) bond motifs is 1. The summed E-state index contributed by atoms with van der Waals surface area (Å²) >= 11 is 0. The number of amides is 2. The molecule has 7 nitrogen and oxygen atoms in total. The number of para-hydroxylation sites is 1. The van der Waals surface area contributed by atoms with E-state index in [9.17, 15) is 31.9 Å². The topological polar surface area (TPSA) is 96.9 Å². The molecule has 0 radical (unpaired) electrons. The van der Waals surface area contributed by atoms with Crippen LogP contribution in [-0.4, -0.2) is 41.4 Å². The molecule has 1 aliphatic heterocycles. The molecule has 1 heterocycles. The van der Waals surface area contributed by atoms with Crippen LogP contribution in [0.1, 0.15) is 69.6 Å². The molecule has 2 aromatic rings. The van der Waals surface area contributed by atoms with Crippen LogP contribution in [0.2, 0.25) is 0 Å². The fraction of sp³-hybridized carbons (Fsp3) is 0.484. The molecule has 2 aromatic carbocycles. The number of esters is 1. The van der Waals surface area contributed by atoms with Crippen molar-refractivity contribution in [2.75, 3.05) is 5.32 Å². The molecule has 0 spiro atoms. The van der Waals surface area contributed by atoms with Crippen LogP contribution in [0.25, 0.3) is 0 Å². The lowest BCUT2D eigenvalue weighted by Crippen LogP contribution is -2.48. The number of ether oxygens (including phenoxy) is 1. The third-order valence-electron chi connectivity index (χ3n) is 7.18. The molecular weight excluding hydrogens is 554 g/mol. The van der Waals surface area contributed by atoms with Gasteiger partial charge in [-0.2, -0.15) is 13.2 Å². The van der Waals surface area contributed by atoms with Crippen molar-refractivity contribution in [2.45, 2.75) is 77.7 Å². The summed E-state index contributed by atoms with van der Waals surface area (Å²) in [5, 5.41) is 4.93. The number of alkyl halides is 3. The van der Waals surface area contributed by atoms with Gasteiger partial charge in [0.25, 0.3) is 5.91 Å². The van der Waals surface area contributed by atoms with E-state index in [4.69, 9.17) is 4.74 Å². The molecule has 0 unspecified atom stereocenters. The van der Waals surface area contributed by atoms with Crippen LogP contribution >= 0.6 is 0 Å². The summed E-state index contributed by atoms with van der Waals surface area (Å²) in [5.74, 6) is -5.78. The van der Waals surface area contributed by atoms with Crippen molar-refractivity contribution in [1.82, 2.24) is 5.32 Å². The van der Waals surface area contributed by atoms with E-state index in [2.05, 4.69) is 15.6 Å². The summed E-state index contributed by atoms with van der Waals surface area (Å²) in [5.41, 5.74) is 0.918. The summed E-state index contributed by atoms with van der Waals surface area (Å²) in [6.07, 6.45) is -6.38. The minimum atomic E-state index is -4.58. The summed E-state index contributed by atoms with van der Waals surface area (Å²) in [4.78, 5) is 44.7. The maximum Gasteiger partial charge on any atom is 0.389 e. The molecule has 0 saturated heterocycles. The molecule has 1 aliphatic carbocycles. The first-order valence-electron chi connectivity index (χ1n) is 14.0. The molecule has 2 amide bonds. The Morgan fingerprint density at radius 1 is 1.07 bits per heavy atom. The van der Waals surface area contributed by atoms with Crippen molar-refractivity contribution in [3.63, 3.8) is 0 Å². The molecule has 226 valence electrons. The Morgan fingerprint density at radius 2 is 1.74 bits per heavy atom. The van der Waals surface area contributed by atoms with Crippen molar-refractivity contribution < 1.29 is 36.7 Å². The lowest BCUT2D eigenvalue weighted by molar-refractivity contribution is -0.167. The molecule has 0 aromatic heterocycles. The molecule has 3 atom stereocenters. The highest BCUT2D eigenvalue weighted by atomic mass is 19.4. The third kappa shape index (κ3) is 8.17. The lowest BCUT2D eigenvalue weighted by atomic mass is 9.83. The standard InChI is InChI=1S/C31H35F4N3O4/c1-17-8-12-19(13-9-17)24-21-6-5-7-23(32)25(21)37-28(40)26(36-24)38-27(39)20(14-15-31(33,34)35)22(16-18-10-11-18)29(41)42-30(2,3)4/h5-9,12-13,18,20,22,26H,10-11,14-16H2,1-4H3,(H,37,40)(H,38,39)/t20-,22+,26+/m1/s1. The van der Waals surface area contributed by atoms with E-state index in [-0.39, 0.29) is 29.3 Å². The highest BCUT2D eigenvalue weighted by Gasteiger charge is 2.43. The van der Waals surface area contributed by atoms with Gasteiger partial charge in [-0.3, -0.25) is 14.4 Å². The van der Waals surface area contributed by atoms with E-state index in [0.717, 1.165) is 18.4 Å². The summed E-state index contributed by atoms with van der Waals surface area (Å²) in [6.45, 7) is 6.79. The number of benzene rings is 2. The normalized spacial score (nSPS) is 18.6. The van der Waals surface area contributed by atoms with Gasteiger partial charge in [0, 0.05) is 17.5 Å². The minimum Gasteiger partial charge on any atom is -0.460 e. The van der Waals surface area contributed by atoms with Gasteiger partial charge in [0.2, 0.25) is 12.1 Å². The predicted molar refractivity (Wildman–Crippen MR) is 149 cm³/mol. The fourth-order valence-corrected chi connectivity index (χ4v) is 4.93. The van der Waals surface area contributed by atoms with Gasteiger partial charge < -0.3 is 15.4 Å². The van der Waals surface area contributed by atoms with Crippen LogP contribution < -0.4 is 10.6 Å². The third-order valence-corrected chi connectivity index (χ3v) is 7.18. The fourth-order valence-electron chi connectivity index (χ4n) is 4.93. The van der Waals surface area contributed by atoms with Crippen LogP contribution in [-0.2, 0) is 19.1 Å². The van der Waals surface area contributed by atoms with E-state index < -0.39 is 66.2 Å². The van der Waals surface area contributed by atoms with E-state index in [1.165, 1.54) is 12.1 Å². The maximum absolute atomic E-state index is 14.9. The largest absolute Gasteiger partial charge is 0.460 e. The highest BCUT2D eigenvalue weighted by Crippen LogP contribution is 2.40. The van der Waals surface area contributed by atoms with Gasteiger partial charge in [-0.1, -0.05) is 54.8 Å². The van der Waals surface area contributed by atoms with Crippen molar-refractivity contribution in [3.05, 3.63) is 65.0 Å². The van der Waals surface area contributed by atoms with Gasteiger partial charge in [-0.25, -0.2) is 9.38 Å². The van der Waals surface area contributed by atoms with Crippen molar-refractivity contribution in [2.24, 2.45) is 22.7 Å². The number of rotatable bonds is 9. The average molecular weight is 590 g/mol. The summed E-state index contributed by atoms with van der Waals surface area (Å²) in [6, 6.07) is 11.3. The van der Waals surface area contributed by atoms with Gasteiger partial charge in [-0.05, 0) is 52.5 Å². The molecule has 2 N–H and O–H groups in total. The van der Waals surface area contributed by atoms with E-state index in [0.29, 0.717) is 5.56 Å². The Kier molecular flexibility index (Phi) is 9.08. The van der Waals surface area contributed by atoms with Crippen LogP contribution in [0.4, 0.5) is 23.2 Å². The van der Waals surface area contributed by atoms with Crippen LogP contribution in [0.15, 0.2) is 47.5 Å². The second-order valence-electron chi connectivity index (χ2n) is 12.0. The van der Waals surface area contributed by atoms with Crippen LogP contribution in [0, 0.1) is 30.5 Å². The van der Waals surface area contributed by atoms with E-state index >= 15 is 0 Å². The van der Waals surface area contributed by atoms with Gasteiger partial charge >= 0.3 is 12.1 Å². The number of aryl methyl sites for hydroxylation is 1. The van der Waals surface area contributed by atoms with Crippen molar-refractivity contribution >= 4 is 29.2 Å². The number of nitrogens with zero attached hydrogens (tertiary/aromatic N) is 1.